The molecule has 0 aliphatic carbocycles. The fourth-order valence-electron chi connectivity index (χ4n) is 0.915. The van der Waals surface area contributed by atoms with E-state index in [0.717, 1.165) is 11.3 Å². The Kier molecular flexibility index (Phi) is 3.84. The van der Waals surface area contributed by atoms with Gasteiger partial charge < -0.3 is 0 Å². The molecule has 0 N–H and O–H groups in total. The first-order valence-electron chi connectivity index (χ1n) is 3.70. The zero-order valence-corrected chi connectivity index (χ0v) is 8.75. The van der Waals surface area contributed by atoms with Gasteiger partial charge in [-0.05, 0) is 6.07 Å². The van der Waals surface area contributed by atoms with Gasteiger partial charge in [0.15, 0.2) is 6.29 Å². The van der Waals surface area contributed by atoms with E-state index in [9.17, 15) is 14.9 Å². The summed E-state index contributed by atoms with van der Waals surface area (Å²) in [6.45, 7) is 0. The lowest BCUT2D eigenvalue weighted by atomic mass is 10.3. The number of thiol groups is 1. The first kappa shape index (κ1) is 10.9. The minimum Gasteiger partial charge on any atom is -0.297 e. The topological polar surface area (TPSA) is 60.2 Å². The first-order valence-corrected chi connectivity index (χ1v) is 5.14. The van der Waals surface area contributed by atoms with Crippen LogP contribution < -0.4 is 0 Å². The van der Waals surface area contributed by atoms with Crippen molar-refractivity contribution >= 4 is 41.3 Å². The fraction of sp³-hybridized carbons (Fsp3) is 0.125. The van der Waals surface area contributed by atoms with Crippen molar-refractivity contribution in [3.63, 3.8) is 0 Å². The minimum absolute atomic E-state index is 0.00914. The van der Waals surface area contributed by atoms with Crippen LogP contribution in [0, 0.1) is 10.1 Å². The largest absolute Gasteiger partial charge is 0.331 e. The second-order valence-corrected chi connectivity index (χ2v) is 3.80. The van der Waals surface area contributed by atoms with Gasteiger partial charge in [0.2, 0.25) is 0 Å². The van der Waals surface area contributed by atoms with Crippen molar-refractivity contribution in [2.45, 2.75) is 0 Å². The molecule has 1 heterocycles. The molecule has 0 atom stereocenters. The molecule has 14 heavy (non-hydrogen) atoms. The van der Waals surface area contributed by atoms with Gasteiger partial charge in [-0.3, -0.25) is 14.9 Å². The Labute approximate surface area is 89.8 Å². The molecule has 1 rings (SSSR count). The standard InChI is InChI=1S/C8H7NO3S2/c10-5-7-4-6(2-1-3-13)8(14-7)9(11)12/h1-2,4-5,13H,3H2. The lowest BCUT2D eigenvalue weighted by molar-refractivity contribution is -0.380. The van der Waals surface area contributed by atoms with E-state index in [1.54, 1.807) is 12.2 Å². The normalized spacial score (nSPS) is 10.6. The molecule has 0 unspecified atom stereocenters. The summed E-state index contributed by atoms with van der Waals surface area (Å²) in [5.41, 5.74) is 0.455. The molecular weight excluding hydrogens is 222 g/mol. The van der Waals surface area contributed by atoms with Gasteiger partial charge >= 0.3 is 5.00 Å². The molecule has 0 saturated heterocycles. The predicted octanol–water partition coefficient (Wildman–Crippen LogP) is 2.41. The van der Waals surface area contributed by atoms with E-state index in [1.165, 1.54) is 6.07 Å². The number of carbonyl (C=O) groups is 1. The zero-order valence-electron chi connectivity index (χ0n) is 7.04. The summed E-state index contributed by atoms with van der Waals surface area (Å²) in [5, 5.41) is 10.6. The molecule has 0 aliphatic heterocycles. The van der Waals surface area contributed by atoms with Gasteiger partial charge in [0.25, 0.3) is 0 Å². The van der Waals surface area contributed by atoms with E-state index in [4.69, 9.17) is 0 Å². The quantitative estimate of drug-likeness (QED) is 0.373. The summed E-state index contributed by atoms with van der Waals surface area (Å²) in [4.78, 5) is 20.8. The third kappa shape index (κ3) is 2.43. The van der Waals surface area contributed by atoms with E-state index in [1.807, 2.05) is 0 Å². The Hall–Kier alpha value is -1.14. The second kappa shape index (κ2) is 4.92. The number of hydrogen-bond donors (Lipinski definition) is 1. The van der Waals surface area contributed by atoms with Crippen molar-refractivity contribution in [1.82, 2.24) is 0 Å². The van der Waals surface area contributed by atoms with Crippen molar-refractivity contribution in [3.05, 3.63) is 32.7 Å². The highest BCUT2D eigenvalue weighted by Gasteiger charge is 2.16. The van der Waals surface area contributed by atoms with Crippen LogP contribution in [-0.4, -0.2) is 17.0 Å². The molecule has 0 aromatic carbocycles. The second-order valence-electron chi connectivity index (χ2n) is 2.37. The molecule has 0 amide bonds. The number of thiophene rings is 1. The van der Waals surface area contributed by atoms with Crippen LogP contribution in [0.25, 0.3) is 6.08 Å². The molecule has 74 valence electrons. The van der Waals surface area contributed by atoms with Crippen LogP contribution in [0.2, 0.25) is 0 Å². The summed E-state index contributed by atoms with van der Waals surface area (Å²) in [5.74, 6) is 0.503. The lowest BCUT2D eigenvalue weighted by Gasteiger charge is -1.86. The highest BCUT2D eigenvalue weighted by Crippen LogP contribution is 2.30. The molecule has 1 aromatic rings. The van der Waals surface area contributed by atoms with Crippen LogP contribution in [0.1, 0.15) is 15.2 Å². The minimum atomic E-state index is -0.490. The SMILES string of the molecule is O=Cc1cc(C=CCS)c([N+](=O)[O-])s1. The number of nitrogens with zero attached hydrogens (tertiary/aromatic N) is 1. The van der Waals surface area contributed by atoms with Crippen LogP contribution in [0.15, 0.2) is 12.1 Å². The highest BCUT2D eigenvalue weighted by atomic mass is 32.1. The molecule has 0 spiro atoms. The van der Waals surface area contributed by atoms with E-state index in [2.05, 4.69) is 12.6 Å². The van der Waals surface area contributed by atoms with Crippen molar-refractivity contribution in [2.75, 3.05) is 5.75 Å². The Morgan fingerprint density at radius 1 is 1.64 bits per heavy atom. The molecule has 6 heteroatoms. The smallest absolute Gasteiger partial charge is 0.297 e. The third-order valence-corrected chi connectivity index (χ3v) is 2.68. The summed E-state index contributed by atoms with van der Waals surface area (Å²) in [6, 6.07) is 1.50. The summed E-state index contributed by atoms with van der Waals surface area (Å²) < 4.78 is 0. The van der Waals surface area contributed by atoms with Crippen molar-refractivity contribution in [3.8, 4) is 0 Å². The molecule has 0 radical (unpaired) electrons. The van der Waals surface area contributed by atoms with Gasteiger partial charge in [0.1, 0.15) is 0 Å². The number of nitro groups is 1. The molecule has 0 bridgehead atoms. The Balaban J connectivity index is 3.11. The van der Waals surface area contributed by atoms with E-state index in [-0.39, 0.29) is 5.00 Å². The highest BCUT2D eigenvalue weighted by molar-refractivity contribution is 7.80. The number of rotatable bonds is 4. The molecule has 0 aliphatic rings. The van der Waals surface area contributed by atoms with E-state index >= 15 is 0 Å². The fourth-order valence-corrected chi connectivity index (χ4v) is 1.80. The van der Waals surface area contributed by atoms with Crippen molar-refractivity contribution in [1.29, 1.82) is 0 Å². The maximum atomic E-state index is 10.6. The maximum absolute atomic E-state index is 10.6. The zero-order chi connectivity index (χ0) is 10.6. The predicted molar refractivity (Wildman–Crippen MR) is 59.2 cm³/mol. The third-order valence-electron chi connectivity index (χ3n) is 1.44. The molecule has 0 fully saturated rings. The number of carbonyl (C=O) groups excluding carboxylic acids is 1. The first-order chi connectivity index (χ1) is 6.69. The molecule has 0 saturated carbocycles. The molecule has 4 nitrogen and oxygen atoms in total. The lowest BCUT2D eigenvalue weighted by Crippen LogP contribution is -1.85. The summed E-state index contributed by atoms with van der Waals surface area (Å²) in [6.07, 6.45) is 3.89. The Bertz CT molecular complexity index is 384. The Morgan fingerprint density at radius 2 is 2.36 bits per heavy atom. The van der Waals surface area contributed by atoms with Crippen molar-refractivity contribution < 1.29 is 9.72 Å². The monoisotopic (exact) mass is 229 g/mol. The van der Waals surface area contributed by atoms with E-state index < -0.39 is 4.92 Å². The van der Waals surface area contributed by atoms with Gasteiger partial charge in [-0.15, -0.1) is 0 Å². The Morgan fingerprint density at radius 3 is 2.86 bits per heavy atom. The van der Waals surface area contributed by atoms with Crippen LogP contribution in [0.5, 0.6) is 0 Å². The van der Waals surface area contributed by atoms with Gasteiger partial charge in [-0.2, -0.15) is 12.6 Å². The molecule has 1 aromatic heterocycles. The van der Waals surface area contributed by atoms with E-state index in [0.29, 0.717) is 22.5 Å². The summed E-state index contributed by atoms with van der Waals surface area (Å²) >= 11 is 4.82. The van der Waals surface area contributed by atoms with Gasteiger partial charge in [0, 0.05) is 5.75 Å². The molecular formula is C8H7NO3S2. The van der Waals surface area contributed by atoms with Crippen LogP contribution in [0.4, 0.5) is 5.00 Å². The maximum Gasteiger partial charge on any atom is 0.331 e. The van der Waals surface area contributed by atoms with Crippen molar-refractivity contribution in [2.24, 2.45) is 0 Å². The number of aldehydes is 1. The van der Waals surface area contributed by atoms with Gasteiger partial charge in [0.05, 0.1) is 15.4 Å². The average molecular weight is 229 g/mol. The number of hydrogen-bond acceptors (Lipinski definition) is 5. The van der Waals surface area contributed by atoms with Gasteiger partial charge in [-0.1, -0.05) is 23.5 Å². The van der Waals surface area contributed by atoms with Crippen LogP contribution in [0.3, 0.4) is 0 Å². The van der Waals surface area contributed by atoms with Crippen LogP contribution >= 0.6 is 24.0 Å². The average Bonchev–Trinajstić information content (AvgIpc) is 2.58. The van der Waals surface area contributed by atoms with Gasteiger partial charge in [-0.25, -0.2) is 0 Å². The van der Waals surface area contributed by atoms with Crippen LogP contribution in [-0.2, 0) is 0 Å². The summed E-state index contributed by atoms with van der Waals surface area (Å²) in [7, 11) is 0.